The minimum atomic E-state index is 0. The number of benzene rings is 2. The fourth-order valence-corrected chi connectivity index (χ4v) is 2.46. The first-order valence-corrected chi connectivity index (χ1v) is 8.08. The van der Waals surface area contributed by atoms with Crippen molar-refractivity contribution in [2.75, 3.05) is 19.5 Å². The lowest BCUT2D eigenvalue weighted by molar-refractivity contribution is 0.405. The molecule has 1 heterocycles. The van der Waals surface area contributed by atoms with Gasteiger partial charge in [0.05, 0.1) is 31.8 Å². The Kier molecular flexibility index (Phi) is 7.47. The SMILES string of the molecule is COc1ccc(OC)c(NC(N)=NCc2ncc(-c3ccccc3)[nH]2)c1.I. The third-order valence-electron chi connectivity index (χ3n) is 3.78. The summed E-state index contributed by atoms with van der Waals surface area (Å²) in [5.41, 5.74) is 8.68. The first-order valence-electron chi connectivity index (χ1n) is 8.08. The van der Waals surface area contributed by atoms with Crippen LogP contribution in [0.15, 0.2) is 59.7 Å². The number of hydrogen-bond acceptors (Lipinski definition) is 4. The Bertz CT molecular complexity index is 896. The van der Waals surface area contributed by atoms with Gasteiger partial charge in [0, 0.05) is 6.07 Å². The standard InChI is InChI=1S/C19H21N5O2.HI/c1-25-14-8-9-17(26-2)15(10-14)24-19(20)22-12-18-21-11-16(23-18)13-6-4-3-5-7-13;/h3-11H,12H2,1-2H3,(H,21,23)(H3,20,22,24);1H. The number of imidazole rings is 1. The number of H-pyrrole nitrogens is 1. The molecule has 2 aromatic carbocycles. The van der Waals surface area contributed by atoms with Crippen molar-refractivity contribution < 1.29 is 9.47 Å². The van der Waals surface area contributed by atoms with Crippen LogP contribution in [0.4, 0.5) is 5.69 Å². The van der Waals surface area contributed by atoms with E-state index < -0.39 is 0 Å². The highest BCUT2D eigenvalue weighted by molar-refractivity contribution is 14.0. The molecule has 0 amide bonds. The number of hydrogen-bond donors (Lipinski definition) is 3. The van der Waals surface area contributed by atoms with Crippen LogP contribution >= 0.6 is 24.0 Å². The number of nitrogens with one attached hydrogen (secondary N) is 2. The summed E-state index contributed by atoms with van der Waals surface area (Å²) >= 11 is 0. The molecule has 0 saturated heterocycles. The number of guanidine groups is 1. The molecular weight excluding hydrogens is 457 g/mol. The van der Waals surface area contributed by atoms with Crippen molar-refractivity contribution in [1.82, 2.24) is 9.97 Å². The zero-order valence-corrected chi connectivity index (χ0v) is 17.4. The lowest BCUT2D eigenvalue weighted by Crippen LogP contribution is -2.23. The normalized spacial score (nSPS) is 10.8. The van der Waals surface area contributed by atoms with Gasteiger partial charge in [-0.05, 0) is 17.7 Å². The first-order chi connectivity index (χ1) is 12.7. The molecule has 0 aliphatic heterocycles. The molecule has 0 aliphatic rings. The van der Waals surface area contributed by atoms with E-state index in [0.717, 1.165) is 17.1 Å². The van der Waals surface area contributed by atoms with Crippen molar-refractivity contribution in [1.29, 1.82) is 0 Å². The maximum absolute atomic E-state index is 5.99. The number of aromatic nitrogens is 2. The Hall–Kier alpha value is -2.75. The molecule has 0 fully saturated rings. The van der Waals surface area contributed by atoms with Gasteiger partial charge in [0.25, 0.3) is 0 Å². The number of methoxy groups -OCH3 is 2. The van der Waals surface area contributed by atoms with Crippen LogP contribution in [0.25, 0.3) is 11.3 Å². The highest BCUT2D eigenvalue weighted by Crippen LogP contribution is 2.28. The number of aliphatic imine (C=N–C) groups is 1. The van der Waals surface area contributed by atoms with E-state index in [0.29, 0.717) is 23.7 Å². The molecule has 4 N–H and O–H groups in total. The van der Waals surface area contributed by atoms with E-state index in [2.05, 4.69) is 20.3 Å². The van der Waals surface area contributed by atoms with Crippen LogP contribution in [-0.4, -0.2) is 30.1 Å². The second-order valence-corrected chi connectivity index (χ2v) is 5.50. The summed E-state index contributed by atoms with van der Waals surface area (Å²) in [7, 11) is 3.19. The highest BCUT2D eigenvalue weighted by atomic mass is 127. The van der Waals surface area contributed by atoms with Crippen LogP contribution in [0.1, 0.15) is 5.82 Å². The molecule has 7 nitrogen and oxygen atoms in total. The summed E-state index contributed by atoms with van der Waals surface area (Å²) in [6.45, 7) is 0.331. The Labute approximate surface area is 175 Å². The summed E-state index contributed by atoms with van der Waals surface area (Å²) in [6, 6.07) is 15.4. The second-order valence-electron chi connectivity index (χ2n) is 5.50. The van der Waals surface area contributed by atoms with Gasteiger partial charge in [-0.1, -0.05) is 30.3 Å². The second kappa shape index (κ2) is 9.81. The van der Waals surface area contributed by atoms with E-state index in [1.807, 2.05) is 36.4 Å². The lowest BCUT2D eigenvalue weighted by Gasteiger charge is -2.12. The van der Waals surface area contributed by atoms with E-state index in [-0.39, 0.29) is 29.9 Å². The van der Waals surface area contributed by atoms with Gasteiger partial charge in [-0.3, -0.25) is 0 Å². The van der Waals surface area contributed by atoms with Crippen LogP contribution in [0, 0.1) is 0 Å². The summed E-state index contributed by atoms with van der Waals surface area (Å²) in [5.74, 6) is 2.33. The number of halogens is 1. The summed E-state index contributed by atoms with van der Waals surface area (Å²) in [4.78, 5) is 11.9. The van der Waals surface area contributed by atoms with Gasteiger partial charge in [0.15, 0.2) is 5.96 Å². The van der Waals surface area contributed by atoms with E-state index in [9.17, 15) is 0 Å². The molecule has 0 spiro atoms. The van der Waals surface area contributed by atoms with Crippen LogP contribution in [0.2, 0.25) is 0 Å². The van der Waals surface area contributed by atoms with Crippen LogP contribution in [0.5, 0.6) is 11.5 Å². The van der Waals surface area contributed by atoms with Gasteiger partial charge in [0.1, 0.15) is 23.9 Å². The van der Waals surface area contributed by atoms with Crippen molar-refractivity contribution in [3.05, 3.63) is 60.6 Å². The number of nitrogens with two attached hydrogens (primary N) is 1. The minimum Gasteiger partial charge on any atom is -0.497 e. The predicted octanol–water partition coefficient (Wildman–Crippen LogP) is 3.64. The van der Waals surface area contributed by atoms with Crippen molar-refractivity contribution in [2.24, 2.45) is 10.7 Å². The smallest absolute Gasteiger partial charge is 0.193 e. The Morgan fingerprint density at radius 1 is 1.15 bits per heavy atom. The topological polar surface area (TPSA) is 97.6 Å². The molecule has 3 aromatic rings. The Morgan fingerprint density at radius 3 is 2.63 bits per heavy atom. The number of anilines is 1. The van der Waals surface area contributed by atoms with E-state index in [4.69, 9.17) is 15.2 Å². The molecule has 27 heavy (non-hydrogen) atoms. The van der Waals surface area contributed by atoms with Crippen molar-refractivity contribution in [3.8, 4) is 22.8 Å². The fraction of sp³-hybridized carbons (Fsp3) is 0.158. The summed E-state index contributed by atoms with van der Waals surface area (Å²) < 4.78 is 10.5. The molecule has 0 atom stereocenters. The van der Waals surface area contributed by atoms with Crippen molar-refractivity contribution in [2.45, 2.75) is 6.54 Å². The van der Waals surface area contributed by atoms with Gasteiger partial charge >= 0.3 is 0 Å². The fourth-order valence-electron chi connectivity index (χ4n) is 2.46. The average molecular weight is 479 g/mol. The van der Waals surface area contributed by atoms with Gasteiger partial charge in [0.2, 0.25) is 0 Å². The number of nitrogens with zero attached hydrogens (tertiary/aromatic N) is 2. The molecule has 3 rings (SSSR count). The van der Waals surface area contributed by atoms with Gasteiger partial charge in [-0.2, -0.15) is 0 Å². The molecule has 8 heteroatoms. The minimum absolute atomic E-state index is 0. The van der Waals surface area contributed by atoms with Crippen LogP contribution in [0.3, 0.4) is 0 Å². The monoisotopic (exact) mass is 479 g/mol. The number of aromatic amines is 1. The molecule has 0 radical (unpaired) electrons. The largest absolute Gasteiger partial charge is 0.497 e. The molecule has 1 aromatic heterocycles. The average Bonchev–Trinajstić information content (AvgIpc) is 3.16. The first kappa shape index (κ1) is 20.6. The van der Waals surface area contributed by atoms with E-state index >= 15 is 0 Å². The maximum Gasteiger partial charge on any atom is 0.193 e. The third kappa shape index (κ3) is 5.36. The van der Waals surface area contributed by atoms with E-state index in [1.165, 1.54) is 0 Å². The van der Waals surface area contributed by atoms with Crippen LogP contribution in [-0.2, 0) is 6.54 Å². The molecule has 142 valence electrons. The molecule has 0 unspecified atom stereocenters. The summed E-state index contributed by atoms with van der Waals surface area (Å²) in [6.07, 6.45) is 1.79. The predicted molar refractivity (Wildman–Crippen MR) is 118 cm³/mol. The van der Waals surface area contributed by atoms with Crippen molar-refractivity contribution >= 4 is 35.6 Å². The molecule has 0 saturated carbocycles. The molecule has 0 bridgehead atoms. The Balaban J connectivity index is 0.00000261. The quantitative estimate of drug-likeness (QED) is 0.285. The zero-order chi connectivity index (χ0) is 18.4. The van der Waals surface area contributed by atoms with Crippen molar-refractivity contribution in [3.63, 3.8) is 0 Å². The van der Waals surface area contributed by atoms with Crippen LogP contribution < -0.4 is 20.5 Å². The van der Waals surface area contributed by atoms with Gasteiger partial charge in [-0.15, -0.1) is 24.0 Å². The third-order valence-corrected chi connectivity index (χ3v) is 3.78. The highest BCUT2D eigenvalue weighted by Gasteiger charge is 2.07. The summed E-state index contributed by atoms with van der Waals surface area (Å²) in [5, 5.41) is 3.03. The number of rotatable bonds is 6. The number of ether oxygens (including phenoxy) is 2. The van der Waals surface area contributed by atoms with Gasteiger partial charge in [-0.25, -0.2) is 9.98 Å². The van der Waals surface area contributed by atoms with E-state index in [1.54, 1.807) is 32.5 Å². The maximum atomic E-state index is 5.99. The lowest BCUT2D eigenvalue weighted by atomic mass is 10.2. The molecule has 0 aliphatic carbocycles. The Morgan fingerprint density at radius 2 is 1.93 bits per heavy atom. The molecular formula is C19H22IN5O2. The van der Waals surface area contributed by atoms with Gasteiger partial charge < -0.3 is 25.5 Å². The zero-order valence-electron chi connectivity index (χ0n) is 15.1.